The van der Waals surface area contributed by atoms with E-state index in [0.717, 1.165) is 12.2 Å². The Balaban J connectivity index is 2.25. The van der Waals surface area contributed by atoms with Crippen LogP contribution < -0.4 is 0 Å². The lowest BCUT2D eigenvalue weighted by Crippen LogP contribution is -1.97. The molecule has 4 nitrogen and oxygen atoms in total. The lowest BCUT2D eigenvalue weighted by Gasteiger charge is -1.94. The average Bonchev–Trinajstić information content (AvgIpc) is 2.88. The van der Waals surface area contributed by atoms with Crippen LogP contribution >= 0.6 is 12.2 Å². The molecule has 1 heterocycles. The molecule has 1 saturated carbocycles. The molecule has 0 aliphatic heterocycles. The molecule has 13 heavy (non-hydrogen) atoms. The fraction of sp³-hybridized carbons (Fsp3) is 0.625. The van der Waals surface area contributed by atoms with Crippen molar-refractivity contribution in [1.29, 1.82) is 0 Å². The second-order valence-electron chi connectivity index (χ2n) is 3.21. The van der Waals surface area contributed by atoms with E-state index < -0.39 is 0 Å². The number of nitrogens with zero attached hydrogens (tertiary/aromatic N) is 3. The molecule has 0 unspecified atom stereocenters. The maximum Gasteiger partial charge on any atom is 0.216 e. The minimum absolute atomic E-state index is 0.578. The van der Waals surface area contributed by atoms with Gasteiger partial charge in [-0.15, -0.1) is 0 Å². The highest BCUT2D eigenvalue weighted by Crippen LogP contribution is 2.26. The number of H-pyrrole nitrogens is 1. The summed E-state index contributed by atoms with van der Waals surface area (Å²) in [7, 11) is 0. The van der Waals surface area contributed by atoms with Crippen LogP contribution in [0.2, 0.25) is 0 Å². The number of nitrogens with one attached hydrogen (secondary N) is 1. The van der Waals surface area contributed by atoms with Crippen molar-refractivity contribution in [3.63, 3.8) is 0 Å². The molecule has 0 saturated heterocycles. The topological polar surface area (TPSA) is 46.0 Å². The number of rotatable bonds is 3. The summed E-state index contributed by atoms with van der Waals surface area (Å²) in [5.74, 6) is 1.56. The van der Waals surface area contributed by atoms with Crippen LogP contribution in [-0.4, -0.2) is 21.1 Å². The van der Waals surface area contributed by atoms with E-state index in [0.29, 0.717) is 10.7 Å². The molecule has 1 aliphatic rings. The molecule has 5 heteroatoms. The smallest absolute Gasteiger partial charge is 0.216 e. The number of hydrogen-bond acceptors (Lipinski definition) is 3. The summed E-state index contributed by atoms with van der Waals surface area (Å²) < 4.78 is 2.28. The molecule has 1 aromatic rings. The third kappa shape index (κ3) is 1.85. The Bertz CT molecular complexity index is 372. The van der Waals surface area contributed by atoms with E-state index in [1.54, 1.807) is 4.68 Å². The maximum absolute atomic E-state index is 5.04. The molecule has 0 radical (unpaired) electrons. The molecule has 1 fully saturated rings. The van der Waals surface area contributed by atoms with Crippen LogP contribution in [-0.2, 0) is 6.42 Å². The minimum Gasteiger partial charge on any atom is -0.250 e. The summed E-state index contributed by atoms with van der Waals surface area (Å²) in [4.78, 5) is 0. The third-order valence-electron chi connectivity index (χ3n) is 2.05. The Morgan fingerprint density at radius 3 is 3.15 bits per heavy atom. The Morgan fingerprint density at radius 1 is 1.77 bits per heavy atom. The van der Waals surface area contributed by atoms with Gasteiger partial charge in [0.15, 0.2) is 5.82 Å². The van der Waals surface area contributed by atoms with Gasteiger partial charge in [-0.05, 0) is 31.0 Å². The average molecular weight is 196 g/mol. The molecular formula is C8H12N4S. The van der Waals surface area contributed by atoms with Gasteiger partial charge in [-0.3, -0.25) is 5.10 Å². The van der Waals surface area contributed by atoms with Gasteiger partial charge in [0.2, 0.25) is 4.77 Å². The normalized spacial score (nSPS) is 17.0. The molecule has 0 amide bonds. The number of aryl methyl sites for hydroxylation is 1. The van der Waals surface area contributed by atoms with E-state index in [-0.39, 0.29) is 0 Å². The molecule has 1 N–H and O–H groups in total. The Labute approximate surface area is 81.7 Å². The minimum atomic E-state index is 0.578. The summed E-state index contributed by atoms with van der Waals surface area (Å²) in [6, 6.07) is 0. The van der Waals surface area contributed by atoms with E-state index in [2.05, 4.69) is 15.3 Å². The Hall–Kier alpha value is -0.970. The van der Waals surface area contributed by atoms with Crippen LogP contribution in [0.5, 0.6) is 0 Å². The second-order valence-corrected chi connectivity index (χ2v) is 3.60. The lowest BCUT2D eigenvalue weighted by molar-refractivity contribution is 0.775. The lowest BCUT2D eigenvalue weighted by atomic mass is 10.5. The van der Waals surface area contributed by atoms with Crippen molar-refractivity contribution in [1.82, 2.24) is 14.9 Å². The molecule has 2 rings (SSSR count). The molecule has 0 atom stereocenters. The zero-order valence-corrected chi connectivity index (χ0v) is 8.34. The van der Waals surface area contributed by atoms with Gasteiger partial charge in [0.05, 0.1) is 0 Å². The first-order valence-electron chi connectivity index (χ1n) is 4.52. The van der Waals surface area contributed by atoms with Crippen LogP contribution in [0.15, 0.2) is 5.10 Å². The summed E-state index contributed by atoms with van der Waals surface area (Å²) in [5.41, 5.74) is 0. The van der Waals surface area contributed by atoms with Crippen molar-refractivity contribution >= 4 is 18.4 Å². The highest BCUT2D eigenvalue weighted by Gasteiger charge is 2.18. The van der Waals surface area contributed by atoms with Crippen molar-refractivity contribution < 1.29 is 0 Å². The maximum atomic E-state index is 5.04. The van der Waals surface area contributed by atoms with E-state index in [1.165, 1.54) is 12.8 Å². The van der Waals surface area contributed by atoms with Gasteiger partial charge < -0.3 is 0 Å². The highest BCUT2D eigenvalue weighted by molar-refractivity contribution is 7.71. The van der Waals surface area contributed by atoms with Crippen molar-refractivity contribution in [3.05, 3.63) is 10.6 Å². The number of aromatic amines is 1. The van der Waals surface area contributed by atoms with Crippen molar-refractivity contribution in [3.8, 4) is 0 Å². The molecule has 1 aromatic heterocycles. The van der Waals surface area contributed by atoms with Crippen LogP contribution in [0.1, 0.15) is 25.6 Å². The fourth-order valence-corrected chi connectivity index (χ4v) is 1.28. The molecule has 1 aliphatic carbocycles. The largest absolute Gasteiger partial charge is 0.250 e. The number of hydrogen-bond donors (Lipinski definition) is 1. The van der Waals surface area contributed by atoms with Crippen LogP contribution in [0.25, 0.3) is 0 Å². The standard InChI is InChI=1S/C8H12N4S/c1-2-7-10-11-8(13)12(7)9-5-6-3-4-6/h5-6H,2-4H2,1H3,(H,11,13)/b9-5+. The summed E-state index contributed by atoms with van der Waals surface area (Å²) >= 11 is 5.04. The van der Waals surface area contributed by atoms with Crippen LogP contribution in [0, 0.1) is 10.7 Å². The highest BCUT2D eigenvalue weighted by atomic mass is 32.1. The molecule has 0 spiro atoms. The van der Waals surface area contributed by atoms with Crippen LogP contribution in [0.3, 0.4) is 0 Å². The van der Waals surface area contributed by atoms with E-state index in [9.17, 15) is 0 Å². The molecule has 0 bridgehead atoms. The van der Waals surface area contributed by atoms with Crippen molar-refractivity contribution in [2.75, 3.05) is 0 Å². The fourth-order valence-electron chi connectivity index (χ4n) is 1.08. The first kappa shape index (κ1) is 8.62. The monoisotopic (exact) mass is 196 g/mol. The Kier molecular flexibility index (Phi) is 2.26. The van der Waals surface area contributed by atoms with Gasteiger partial charge in [-0.25, -0.2) is 0 Å². The predicted molar refractivity (Wildman–Crippen MR) is 53.4 cm³/mol. The van der Waals surface area contributed by atoms with E-state index in [4.69, 9.17) is 12.2 Å². The molecule has 70 valence electrons. The Morgan fingerprint density at radius 2 is 2.54 bits per heavy atom. The van der Waals surface area contributed by atoms with Gasteiger partial charge in [-0.1, -0.05) is 6.92 Å². The number of aromatic nitrogens is 3. The van der Waals surface area contributed by atoms with Gasteiger partial charge in [-0.2, -0.15) is 14.9 Å². The van der Waals surface area contributed by atoms with Crippen molar-refractivity contribution in [2.24, 2.45) is 11.0 Å². The molecule has 0 aromatic carbocycles. The summed E-state index contributed by atoms with van der Waals surface area (Å²) in [6.45, 7) is 2.04. The molecular weight excluding hydrogens is 184 g/mol. The van der Waals surface area contributed by atoms with Crippen LogP contribution in [0.4, 0.5) is 0 Å². The zero-order valence-electron chi connectivity index (χ0n) is 7.53. The SMILES string of the molecule is CCc1n[nH]c(=S)n1/N=C/C1CC1. The quantitative estimate of drug-likeness (QED) is 0.591. The first-order chi connectivity index (χ1) is 6.31. The van der Waals surface area contributed by atoms with Gasteiger partial charge in [0, 0.05) is 12.6 Å². The zero-order chi connectivity index (χ0) is 9.26. The predicted octanol–water partition coefficient (Wildman–Crippen LogP) is 1.75. The summed E-state index contributed by atoms with van der Waals surface area (Å²) in [5, 5.41) is 11.1. The third-order valence-corrected chi connectivity index (χ3v) is 2.31. The van der Waals surface area contributed by atoms with Crippen molar-refractivity contribution in [2.45, 2.75) is 26.2 Å². The van der Waals surface area contributed by atoms with Gasteiger partial charge in [0.1, 0.15) is 0 Å². The second kappa shape index (κ2) is 3.41. The summed E-state index contributed by atoms with van der Waals surface area (Å²) in [6.07, 6.45) is 5.33. The van der Waals surface area contributed by atoms with E-state index >= 15 is 0 Å². The van der Waals surface area contributed by atoms with Gasteiger partial charge >= 0.3 is 0 Å². The van der Waals surface area contributed by atoms with Gasteiger partial charge in [0.25, 0.3) is 0 Å². The van der Waals surface area contributed by atoms with E-state index in [1.807, 2.05) is 13.1 Å². The first-order valence-corrected chi connectivity index (χ1v) is 4.93.